The molecule has 0 radical (unpaired) electrons. The molecule has 3 N–H and O–H groups in total. The Morgan fingerprint density at radius 2 is 1.75 bits per heavy atom. The van der Waals surface area contributed by atoms with Gasteiger partial charge in [-0.3, -0.25) is 14.4 Å². The maximum absolute atomic E-state index is 12.5. The van der Waals surface area contributed by atoms with Crippen molar-refractivity contribution in [2.24, 2.45) is 29.4 Å². The molecule has 28 heavy (non-hydrogen) atoms. The van der Waals surface area contributed by atoms with Crippen LogP contribution in [0.15, 0.2) is 29.2 Å². The minimum Gasteiger partial charge on any atom is -0.369 e. The molecule has 3 rings (SSSR count). The predicted molar refractivity (Wildman–Crippen MR) is 85.3 cm³/mol. The van der Waals surface area contributed by atoms with Gasteiger partial charge in [0.15, 0.2) is 0 Å². The van der Waals surface area contributed by atoms with Crippen molar-refractivity contribution < 1.29 is 40.3 Å². The van der Waals surface area contributed by atoms with Gasteiger partial charge in [0.1, 0.15) is 5.78 Å². The molecule has 0 aliphatic heterocycles. The zero-order valence-electron chi connectivity index (χ0n) is 14.1. The first-order valence-electron chi connectivity index (χ1n) is 8.14. The van der Waals surface area contributed by atoms with Gasteiger partial charge in [0, 0.05) is 12.3 Å². The topological polar surface area (TPSA) is 133 Å². The highest BCUT2D eigenvalue weighted by Crippen LogP contribution is 2.50. The zero-order valence-corrected chi connectivity index (χ0v) is 14.9. The van der Waals surface area contributed by atoms with Crippen molar-refractivity contribution >= 4 is 27.7 Å². The normalized spacial score (nSPS) is 27.0. The van der Waals surface area contributed by atoms with E-state index < -0.39 is 62.2 Å². The molecule has 2 bridgehead atoms. The first kappa shape index (κ1) is 20.3. The molecule has 8 nitrogen and oxygen atoms in total. The summed E-state index contributed by atoms with van der Waals surface area (Å²) in [6.07, 6.45) is -4.26. The van der Waals surface area contributed by atoms with Gasteiger partial charge in [-0.05, 0) is 36.6 Å². The fourth-order valence-corrected chi connectivity index (χ4v) is 4.65. The van der Waals surface area contributed by atoms with Crippen molar-refractivity contribution in [1.29, 1.82) is 0 Å². The second-order valence-corrected chi connectivity index (χ2v) is 8.30. The molecule has 0 aromatic heterocycles. The van der Waals surface area contributed by atoms with Crippen LogP contribution in [-0.2, 0) is 35.0 Å². The van der Waals surface area contributed by atoms with Crippen molar-refractivity contribution in [1.82, 2.24) is 5.48 Å². The van der Waals surface area contributed by atoms with Crippen molar-refractivity contribution in [2.75, 3.05) is 0 Å². The third kappa shape index (κ3) is 3.61. The number of halogens is 3. The van der Waals surface area contributed by atoms with Crippen molar-refractivity contribution in [3.8, 4) is 0 Å². The van der Waals surface area contributed by atoms with Crippen LogP contribution in [0.4, 0.5) is 13.2 Å². The molecule has 1 aromatic carbocycles. The lowest BCUT2D eigenvalue weighted by atomic mass is 9.78. The van der Waals surface area contributed by atoms with E-state index in [1.54, 1.807) is 5.48 Å². The molecule has 12 heteroatoms. The summed E-state index contributed by atoms with van der Waals surface area (Å²) in [6.45, 7) is 0. The van der Waals surface area contributed by atoms with Crippen LogP contribution in [0.2, 0.25) is 0 Å². The van der Waals surface area contributed by atoms with Crippen molar-refractivity contribution in [3.05, 3.63) is 29.8 Å². The number of hydrogen-bond acceptors (Lipinski definition) is 6. The van der Waals surface area contributed by atoms with Gasteiger partial charge in [-0.2, -0.15) is 21.6 Å². The molecule has 0 saturated heterocycles. The van der Waals surface area contributed by atoms with Crippen molar-refractivity contribution in [2.45, 2.75) is 23.9 Å². The number of alkyl halides is 3. The van der Waals surface area contributed by atoms with Gasteiger partial charge in [0.2, 0.25) is 11.8 Å². The lowest BCUT2D eigenvalue weighted by Crippen LogP contribution is -2.45. The maximum Gasteiger partial charge on any atom is 0.416 e. The number of benzene rings is 1. The van der Waals surface area contributed by atoms with Crippen LogP contribution in [-0.4, -0.2) is 26.0 Å². The summed E-state index contributed by atoms with van der Waals surface area (Å²) in [5.74, 6) is -5.13. The summed E-state index contributed by atoms with van der Waals surface area (Å²) in [4.78, 5) is 35.1. The van der Waals surface area contributed by atoms with E-state index in [2.05, 4.69) is 4.28 Å². The van der Waals surface area contributed by atoms with E-state index >= 15 is 0 Å². The zero-order chi connectivity index (χ0) is 20.9. The Labute approximate surface area is 157 Å². The number of nitrogens with one attached hydrogen (secondary N) is 1. The molecule has 1 aromatic rings. The molecule has 2 aliphatic carbocycles. The van der Waals surface area contributed by atoms with Gasteiger partial charge in [-0.15, -0.1) is 4.28 Å². The number of primary amides is 1. The van der Waals surface area contributed by atoms with E-state index in [1.165, 1.54) is 0 Å². The maximum atomic E-state index is 12.5. The Bertz CT molecular complexity index is 929. The first-order valence-corrected chi connectivity index (χ1v) is 9.55. The molecular weight excluding hydrogens is 405 g/mol. The smallest absolute Gasteiger partial charge is 0.369 e. The number of ketones is 1. The lowest BCUT2D eigenvalue weighted by molar-refractivity contribution is -0.143. The number of Topliss-reactive ketones (excluding diaryl/α,β-unsaturated/α-hetero) is 1. The molecule has 0 spiro atoms. The summed E-state index contributed by atoms with van der Waals surface area (Å²) in [7, 11) is -4.59. The number of carbonyl (C=O) groups excluding carboxylic acids is 3. The summed E-state index contributed by atoms with van der Waals surface area (Å²) in [5, 5.41) is 0. The van der Waals surface area contributed by atoms with Gasteiger partial charge in [0.05, 0.1) is 22.3 Å². The molecule has 2 aliphatic rings. The molecule has 2 saturated carbocycles. The first-order chi connectivity index (χ1) is 12.9. The summed E-state index contributed by atoms with van der Waals surface area (Å²) in [6, 6.07) is 2.49. The van der Waals surface area contributed by atoms with Gasteiger partial charge in [-0.1, -0.05) is 0 Å². The Hall–Kier alpha value is -2.47. The number of nitrogens with two attached hydrogens (primary N) is 1. The molecule has 152 valence electrons. The SMILES string of the molecule is NC(=O)C1C2CC(CC2=O)C1C(=O)NOS(=O)(=O)c1ccc(C(F)(F)F)cc1. The number of fused-ring (bicyclic) bond motifs is 2. The molecule has 4 unspecified atom stereocenters. The number of carbonyl (C=O) groups is 3. The monoisotopic (exact) mass is 420 g/mol. The van der Waals surface area contributed by atoms with Gasteiger partial charge in [-0.25, -0.2) is 5.48 Å². The summed E-state index contributed by atoms with van der Waals surface area (Å²) < 4.78 is 66.2. The molecule has 4 atom stereocenters. The van der Waals surface area contributed by atoms with E-state index in [0.717, 1.165) is 0 Å². The van der Waals surface area contributed by atoms with Crippen LogP contribution in [0.25, 0.3) is 0 Å². The van der Waals surface area contributed by atoms with E-state index in [-0.39, 0.29) is 12.2 Å². The largest absolute Gasteiger partial charge is 0.416 e. The minimum absolute atomic E-state index is 0.0815. The molecule has 2 amide bonds. The number of amides is 2. The Morgan fingerprint density at radius 3 is 2.29 bits per heavy atom. The average molecular weight is 420 g/mol. The average Bonchev–Trinajstić information content (AvgIpc) is 3.16. The lowest BCUT2D eigenvalue weighted by Gasteiger charge is -2.26. The Morgan fingerprint density at radius 1 is 1.14 bits per heavy atom. The second-order valence-electron chi connectivity index (χ2n) is 6.75. The second kappa shape index (κ2) is 6.85. The highest BCUT2D eigenvalue weighted by Gasteiger charge is 2.57. The quantitative estimate of drug-likeness (QED) is 0.676. The van der Waals surface area contributed by atoms with Gasteiger partial charge < -0.3 is 5.73 Å². The molecule has 0 heterocycles. The number of hydroxylamine groups is 1. The summed E-state index contributed by atoms with van der Waals surface area (Å²) in [5.41, 5.74) is 5.95. The highest BCUT2D eigenvalue weighted by molar-refractivity contribution is 7.86. The third-order valence-electron chi connectivity index (χ3n) is 5.12. The van der Waals surface area contributed by atoms with E-state index in [1.807, 2.05) is 0 Å². The van der Waals surface area contributed by atoms with Gasteiger partial charge >= 0.3 is 16.3 Å². The van der Waals surface area contributed by atoms with Crippen LogP contribution in [0.5, 0.6) is 0 Å². The fourth-order valence-electron chi connectivity index (χ4n) is 3.89. The minimum atomic E-state index is -4.64. The van der Waals surface area contributed by atoms with E-state index in [0.29, 0.717) is 30.7 Å². The van der Waals surface area contributed by atoms with Crippen LogP contribution in [0.3, 0.4) is 0 Å². The van der Waals surface area contributed by atoms with Gasteiger partial charge in [0.25, 0.3) is 0 Å². The van der Waals surface area contributed by atoms with Crippen LogP contribution < -0.4 is 11.2 Å². The number of rotatable bonds is 5. The Kier molecular flexibility index (Phi) is 4.96. The molecule has 2 fully saturated rings. The molecular formula is C16H15F3N2O6S. The number of hydrogen-bond donors (Lipinski definition) is 2. The fraction of sp³-hybridized carbons (Fsp3) is 0.438. The highest BCUT2D eigenvalue weighted by atomic mass is 32.2. The predicted octanol–water partition coefficient (Wildman–Crippen LogP) is 0.768. The van der Waals surface area contributed by atoms with Crippen molar-refractivity contribution in [3.63, 3.8) is 0 Å². The van der Waals surface area contributed by atoms with E-state index in [9.17, 15) is 36.0 Å². The van der Waals surface area contributed by atoms with Crippen LogP contribution in [0.1, 0.15) is 18.4 Å². The summed E-state index contributed by atoms with van der Waals surface area (Å²) >= 11 is 0. The Balaban J connectivity index is 1.70. The van der Waals surface area contributed by atoms with E-state index in [4.69, 9.17) is 5.73 Å². The third-order valence-corrected chi connectivity index (χ3v) is 6.27. The standard InChI is InChI=1S/C16H15F3N2O6S/c17-16(18,19)8-1-3-9(4-2-8)28(25,26)27-21-15(24)12-7-5-10(11(22)6-7)13(12)14(20)23/h1-4,7,10,12-13H,5-6H2,(H2,20,23)(H,21,24). The van der Waals surface area contributed by atoms with Crippen LogP contribution in [0, 0.1) is 23.7 Å². The van der Waals surface area contributed by atoms with Crippen LogP contribution >= 0.6 is 0 Å².